The molecule has 0 spiro atoms. The number of nitrogens with zero attached hydrogens (tertiary/aromatic N) is 2. The van der Waals surface area contributed by atoms with Gasteiger partial charge in [-0.05, 0) is 48.9 Å². The lowest BCUT2D eigenvalue weighted by atomic mass is 10.2. The van der Waals surface area contributed by atoms with E-state index in [0.29, 0.717) is 36.3 Å². The molecule has 1 amide bonds. The molecule has 0 fully saturated rings. The van der Waals surface area contributed by atoms with Crippen LogP contribution in [0.25, 0.3) is 16.6 Å². The molecule has 1 N–H and O–H groups in total. The van der Waals surface area contributed by atoms with E-state index in [1.54, 1.807) is 47.2 Å². The van der Waals surface area contributed by atoms with E-state index in [4.69, 9.17) is 4.42 Å². The summed E-state index contributed by atoms with van der Waals surface area (Å²) in [6.07, 6.45) is 4.06. The highest BCUT2D eigenvalue weighted by Gasteiger charge is 2.12. The Bertz CT molecular complexity index is 1160. The lowest BCUT2D eigenvalue weighted by molar-refractivity contribution is -0.121. The Morgan fingerprint density at radius 1 is 1.11 bits per heavy atom. The summed E-state index contributed by atoms with van der Waals surface area (Å²) >= 11 is 0. The summed E-state index contributed by atoms with van der Waals surface area (Å²) < 4.78 is 22.2. The molecule has 3 aromatic heterocycles. The van der Waals surface area contributed by atoms with Gasteiger partial charge in [0.05, 0.1) is 23.8 Å². The van der Waals surface area contributed by atoms with Crippen molar-refractivity contribution in [1.29, 1.82) is 0 Å². The molecular formula is C20H18FN3O3. The molecule has 0 aliphatic heterocycles. The number of halogens is 1. The SMILES string of the molecule is O=C(CCCn1c(=O)c2cccn2c2ccc(F)cc21)NCc1ccco1. The van der Waals surface area contributed by atoms with Gasteiger partial charge in [0.15, 0.2) is 0 Å². The number of aromatic nitrogens is 2. The molecule has 0 saturated heterocycles. The zero-order valence-corrected chi connectivity index (χ0v) is 14.5. The van der Waals surface area contributed by atoms with Crippen molar-refractivity contribution in [2.45, 2.75) is 25.9 Å². The lowest BCUT2D eigenvalue weighted by Crippen LogP contribution is -2.25. The molecule has 138 valence electrons. The van der Waals surface area contributed by atoms with Crippen LogP contribution in [0.2, 0.25) is 0 Å². The predicted molar refractivity (Wildman–Crippen MR) is 98.9 cm³/mol. The van der Waals surface area contributed by atoms with E-state index < -0.39 is 5.82 Å². The summed E-state index contributed by atoms with van der Waals surface area (Å²) in [4.78, 5) is 24.8. The fourth-order valence-electron chi connectivity index (χ4n) is 3.24. The quantitative estimate of drug-likeness (QED) is 0.569. The maximum atomic E-state index is 13.8. The number of fused-ring (bicyclic) bond motifs is 3. The van der Waals surface area contributed by atoms with Gasteiger partial charge in [-0.25, -0.2) is 4.39 Å². The Hall–Kier alpha value is -3.35. The van der Waals surface area contributed by atoms with Crippen molar-refractivity contribution >= 4 is 22.5 Å². The van der Waals surface area contributed by atoms with Crippen molar-refractivity contribution in [2.75, 3.05) is 0 Å². The highest BCUT2D eigenvalue weighted by atomic mass is 19.1. The van der Waals surface area contributed by atoms with Gasteiger partial charge in [-0.15, -0.1) is 0 Å². The standard InChI is InChI=1S/C20H18FN3O3/c21-14-7-8-16-18(12-14)24(20(26)17-5-1-9-23(16)17)10-2-6-19(25)22-13-15-4-3-11-27-15/h1,3-5,7-9,11-12H,2,6,10,13H2,(H,22,25). The summed E-state index contributed by atoms with van der Waals surface area (Å²) in [6, 6.07) is 11.4. The van der Waals surface area contributed by atoms with E-state index in [1.165, 1.54) is 16.7 Å². The molecular weight excluding hydrogens is 349 g/mol. The van der Waals surface area contributed by atoms with Gasteiger partial charge in [0, 0.05) is 19.2 Å². The first-order chi connectivity index (χ1) is 13.1. The molecule has 0 aliphatic rings. The van der Waals surface area contributed by atoms with Crippen molar-refractivity contribution in [3.8, 4) is 0 Å². The molecule has 0 bridgehead atoms. The van der Waals surface area contributed by atoms with Gasteiger partial charge in [0.1, 0.15) is 17.1 Å². The minimum absolute atomic E-state index is 0.126. The number of amides is 1. The smallest absolute Gasteiger partial charge is 0.275 e. The van der Waals surface area contributed by atoms with Crippen LogP contribution in [0.3, 0.4) is 0 Å². The second-order valence-corrected chi connectivity index (χ2v) is 6.31. The lowest BCUT2D eigenvalue weighted by Gasteiger charge is -2.12. The van der Waals surface area contributed by atoms with Gasteiger partial charge in [-0.1, -0.05) is 0 Å². The summed E-state index contributed by atoms with van der Waals surface area (Å²) in [5, 5.41) is 2.77. The van der Waals surface area contributed by atoms with Crippen molar-refractivity contribution in [3.63, 3.8) is 0 Å². The molecule has 27 heavy (non-hydrogen) atoms. The topological polar surface area (TPSA) is 68.7 Å². The number of benzene rings is 1. The molecule has 7 heteroatoms. The zero-order chi connectivity index (χ0) is 18.8. The van der Waals surface area contributed by atoms with Crippen LogP contribution in [0.1, 0.15) is 18.6 Å². The number of aryl methyl sites for hydroxylation is 1. The molecule has 0 saturated carbocycles. The van der Waals surface area contributed by atoms with Gasteiger partial charge in [-0.2, -0.15) is 0 Å². The molecule has 0 unspecified atom stereocenters. The Morgan fingerprint density at radius 2 is 2.00 bits per heavy atom. The van der Waals surface area contributed by atoms with Crippen molar-refractivity contribution in [3.05, 3.63) is 76.9 Å². The van der Waals surface area contributed by atoms with Gasteiger partial charge < -0.3 is 18.7 Å². The van der Waals surface area contributed by atoms with Gasteiger partial charge in [0.25, 0.3) is 5.56 Å². The highest BCUT2D eigenvalue weighted by Crippen LogP contribution is 2.17. The average molecular weight is 367 g/mol. The maximum Gasteiger partial charge on any atom is 0.275 e. The number of carbonyl (C=O) groups excluding carboxylic acids is 1. The van der Waals surface area contributed by atoms with Crippen molar-refractivity contribution in [1.82, 2.24) is 14.3 Å². The Labute approximate surface area is 153 Å². The van der Waals surface area contributed by atoms with E-state index >= 15 is 0 Å². The van der Waals surface area contributed by atoms with Crippen molar-refractivity contribution in [2.24, 2.45) is 0 Å². The molecule has 4 rings (SSSR count). The Balaban J connectivity index is 1.52. The molecule has 0 aliphatic carbocycles. The van der Waals surface area contributed by atoms with Crippen LogP contribution in [0.4, 0.5) is 4.39 Å². The number of rotatable bonds is 6. The van der Waals surface area contributed by atoms with Gasteiger partial charge in [-0.3, -0.25) is 9.59 Å². The normalized spacial score (nSPS) is 11.3. The summed E-state index contributed by atoms with van der Waals surface area (Å²) in [7, 11) is 0. The Morgan fingerprint density at radius 3 is 2.81 bits per heavy atom. The van der Waals surface area contributed by atoms with E-state index in [2.05, 4.69) is 5.32 Å². The van der Waals surface area contributed by atoms with Crippen LogP contribution >= 0.6 is 0 Å². The van der Waals surface area contributed by atoms with E-state index in [1.807, 2.05) is 0 Å². The maximum absolute atomic E-state index is 13.8. The highest BCUT2D eigenvalue weighted by molar-refractivity contribution is 5.79. The molecule has 3 heterocycles. The summed E-state index contributed by atoms with van der Waals surface area (Å²) in [5.74, 6) is 0.150. The van der Waals surface area contributed by atoms with E-state index in [9.17, 15) is 14.0 Å². The largest absolute Gasteiger partial charge is 0.467 e. The summed E-state index contributed by atoms with van der Waals surface area (Å²) in [5.41, 5.74) is 1.59. The van der Waals surface area contributed by atoms with Crippen LogP contribution in [0, 0.1) is 5.82 Å². The second kappa shape index (κ2) is 7.11. The second-order valence-electron chi connectivity index (χ2n) is 6.31. The van der Waals surface area contributed by atoms with Crippen LogP contribution < -0.4 is 10.9 Å². The first-order valence-electron chi connectivity index (χ1n) is 8.72. The van der Waals surface area contributed by atoms with Crippen molar-refractivity contribution < 1.29 is 13.6 Å². The summed E-state index contributed by atoms with van der Waals surface area (Å²) in [6.45, 7) is 0.657. The van der Waals surface area contributed by atoms with E-state index in [-0.39, 0.29) is 17.9 Å². The Kier molecular flexibility index (Phi) is 4.50. The first kappa shape index (κ1) is 17.1. The van der Waals surface area contributed by atoms with Crippen LogP contribution in [-0.4, -0.2) is 14.9 Å². The third-order valence-electron chi connectivity index (χ3n) is 4.53. The monoisotopic (exact) mass is 367 g/mol. The molecule has 6 nitrogen and oxygen atoms in total. The van der Waals surface area contributed by atoms with Crippen LogP contribution in [0.5, 0.6) is 0 Å². The van der Waals surface area contributed by atoms with Gasteiger partial charge in [0.2, 0.25) is 5.91 Å². The van der Waals surface area contributed by atoms with Gasteiger partial charge >= 0.3 is 0 Å². The average Bonchev–Trinajstić information content (AvgIpc) is 3.34. The van der Waals surface area contributed by atoms with Crippen LogP contribution in [-0.2, 0) is 17.9 Å². The minimum atomic E-state index is -0.404. The zero-order valence-electron chi connectivity index (χ0n) is 14.5. The minimum Gasteiger partial charge on any atom is -0.467 e. The fourth-order valence-corrected chi connectivity index (χ4v) is 3.24. The number of furan rings is 1. The number of carbonyl (C=O) groups is 1. The molecule has 0 radical (unpaired) electrons. The van der Waals surface area contributed by atoms with E-state index in [0.717, 1.165) is 5.52 Å². The molecule has 0 atom stereocenters. The molecule has 4 aromatic rings. The number of hydrogen-bond acceptors (Lipinski definition) is 3. The predicted octanol–water partition coefficient (Wildman–Crippen LogP) is 3.08. The third kappa shape index (κ3) is 3.36. The number of nitrogens with one attached hydrogen (secondary N) is 1. The number of hydrogen-bond donors (Lipinski definition) is 1. The third-order valence-corrected chi connectivity index (χ3v) is 4.53. The first-order valence-corrected chi connectivity index (χ1v) is 8.72. The van der Waals surface area contributed by atoms with Crippen LogP contribution in [0.15, 0.2) is 64.1 Å². The fraction of sp³-hybridized carbons (Fsp3) is 0.200. The molecule has 1 aromatic carbocycles.